The van der Waals surface area contributed by atoms with Crippen molar-refractivity contribution in [3.63, 3.8) is 0 Å². The highest BCUT2D eigenvalue weighted by Crippen LogP contribution is 2.30. The van der Waals surface area contributed by atoms with Crippen molar-refractivity contribution in [3.05, 3.63) is 73.8 Å². The molecule has 0 aliphatic heterocycles. The molecule has 0 radical (unpaired) electrons. The summed E-state index contributed by atoms with van der Waals surface area (Å²) in [5, 5.41) is 20.3. The van der Waals surface area contributed by atoms with Crippen molar-refractivity contribution >= 4 is 34.0 Å². The van der Waals surface area contributed by atoms with E-state index in [-0.39, 0.29) is 28.6 Å². The zero-order valence-electron chi connectivity index (χ0n) is 14.7. The number of benzene rings is 2. The summed E-state index contributed by atoms with van der Waals surface area (Å²) in [6.45, 7) is 2.20. The fraction of sp³-hybridized carbons (Fsp3) is 0.167. The molecule has 2 aromatic carbocycles. The summed E-state index contributed by atoms with van der Waals surface area (Å²) in [6.07, 6.45) is 0. The topological polar surface area (TPSA) is 105 Å². The molecule has 0 saturated heterocycles. The van der Waals surface area contributed by atoms with Gasteiger partial charge in [0.15, 0.2) is 11.6 Å². The van der Waals surface area contributed by atoms with Crippen LogP contribution in [0.3, 0.4) is 0 Å². The lowest BCUT2D eigenvalue weighted by Crippen LogP contribution is -2.22. The van der Waals surface area contributed by atoms with Crippen molar-refractivity contribution in [2.75, 3.05) is 0 Å². The third-order valence-electron chi connectivity index (χ3n) is 4.37. The average molecular weight is 400 g/mol. The van der Waals surface area contributed by atoms with Gasteiger partial charge in [-0.25, -0.2) is 0 Å². The minimum absolute atomic E-state index is 0.0688. The van der Waals surface area contributed by atoms with E-state index >= 15 is 0 Å². The maximum atomic E-state index is 12.7. The van der Waals surface area contributed by atoms with Crippen LogP contribution in [0.25, 0.3) is 16.7 Å². The van der Waals surface area contributed by atoms with Crippen molar-refractivity contribution in [2.45, 2.75) is 20.1 Å². The predicted molar refractivity (Wildman–Crippen MR) is 103 cm³/mol. The Balaban J connectivity index is 1.82. The van der Waals surface area contributed by atoms with Gasteiger partial charge in [0.1, 0.15) is 6.61 Å². The summed E-state index contributed by atoms with van der Waals surface area (Å²) in [6, 6.07) is 11.3. The lowest BCUT2D eigenvalue weighted by molar-refractivity contribution is -0.385. The SMILES string of the molecule is CCn1c(=O)c2ccccc2n2c(COc3ccc(Cl)cc3[N+](=O)[O-])nnc12. The van der Waals surface area contributed by atoms with E-state index in [1.807, 2.05) is 13.0 Å². The van der Waals surface area contributed by atoms with Gasteiger partial charge in [-0.2, -0.15) is 0 Å². The highest BCUT2D eigenvalue weighted by atomic mass is 35.5. The summed E-state index contributed by atoms with van der Waals surface area (Å²) in [7, 11) is 0. The van der Waals surface area contributed by atoms with Crippen LogP contribution >= 0.6 is 11.6 Å². The van der Waals surface area contributed by atoms with Crippen molar-refractivity contribution < 1.29 is 9.66 Å². The van der Waals surface area contributed by atoms with Gasteiger partial charge in [-0.05, 0) is 31.2 Å². The number of para-hydroxylation sites is 1. The van der Waals surface area contributed by atoms with Crippen molar-refractivity contribution in [3.8, 4) is 5.75 Å². The van der Waals surface area contributed by atoms with Crippen LogP contribution in [0.2, 0.25) is 5.02 Å². The lowest BCUT2D eigenvalue weighted by atomic mass is 10.2. The molecular weight excluding hydrogens is 386 g/mol. The summed E-state index contributed by atoms with van der Waals surface area (Å²) in [4.78, 5) is 23.4. The summed E-state index contributed by atoms with van der Waals surface area (Å²) < 4.78 is 8.89. The maximum Gasteiger partial charge on any atom is 0.312 e. The zero-order valence-corrected chi connectivity index (χ0v) is 15.5. The van der Waals surface area contributed by atoms with Gasteiger partial charge < -0.3 is 4.74 Å². The molecule has 9 nitrogen and oxygen atoms in total. The molecule has 2 heterocycles. The summed E-state index contributed by atoms with van der Waals surface area (Å²) in [5.41, 5.74) is 0.247. The quantitative estimate of drug-likeness (QED) is 0.377. The predicted octanol–water partition coefficient (Wildman–Crippen LogP) is 3.20. The maximum absolute atomic E-state index is 12.7. The second kappa shape index (κ2) is 6.93. The lowest BCUT2D eigenvalue weighted by Gasteiger charge is -2.10. The van der Waals surface area contributed by atoms with E-state index in [4.69, 9.17) is 16.3 Å². The van der Waals surface area contributed by atoms with Gasteiger partial charge in [0.2, 0.25) is 5.78 Å². The second-order valence-electron chi connectivity index (χ2n) is 5.98. The monoisotopic (exact) mass is 399 g/mol. The van der Waals surface area contributed by atoms with Crippen molar-refractivity contribution in [1.29, 1.82) is 0 Å². The van der Waals surface area contributed by atoms with Crippen LogP contribution in [0.15, 0.2) is 47.3 Å². The number of aromatic nitrogens is 4. The molecule has 0 unspecified atom stereocenters. The fourth-order valence-electron chi connectivity index (χ4n) is 3.09. The highest BCUT2D eigenvalue weighted by molar-refractivity contribution is 6.30. The first-order valence-electron chi connectivity index (χ1n) is 8.43. The van der Waals surface area contributed by atoms with Crippen LogP contribution in [0.4, 0.5) is 5.69 Å². The molecule has 142 valence electrons. The molecular formula is C18H14ClN5O4. The number of ether oxygens (including phenoxy) is 1. The molecule has 10 heteroatoms. The Labute approximate surface area is 162 Å². The van der Waals surface area contributed by atoms with Gasteiger partial charge in [0.25, 0.3) is 5.56 Å². The number of rotatable bonds is 5. The van der Waals surface area contributed by atoms with Crippen LogP contribution in [0.5, 0.6) is 5.75 Å². The third-order valence-corrected chi connectivity index (χ3v) is 4.60. The molecule has 4 aromatic rings. The first-order chi connectivity index (χ1) is 13.5. The molecule has 0 amide bonds. The minimum Gasteiger partial charge on any atom is -0.479 e. The number of aryl methyl sites for hydroxylation is 1. The fourth-order valence-corrected chi connectivity index (χ4v) is 3.26. The van der Waals surface area contributed by atoms with Gasteiger partial charge >= 0.3 is 5.69 Å². The largest absolute Gasteiger partial charge is 0.479 e. The third kappa shape index (κ3) is 2.85. The minimum atomic E-state index is -0.562. The Morgan fingerprint density at radius 1 is 1.21 bits per heavy atom. The second-order valence-corrected chi connectivity index (χ2v) is 6.41. The Bertz CT molecular complexity index is 1280. The van der Waals surface area contributed by atoms with E-state index in [1.165, 1.54) is 22.8 Å². The van der Waals surface area contributed by atoms with Gasteiger partial charge in [-0.3, -0.25) is 23.9 Å². The number of nitro groups is 1. The molecule has 2 aromatic heterocycles. The molecule has 28 heavy (non-hydrogen) atoms. The van der Waals surface area contributed by atoms with Gasteiger partial charge in [-0.1, -0.05) is 23.7 Å². The zero-order chi connectivity index (χ0) is 19.8. The van der Waals surface area contributed by atoms with Crippen molar-refractivity contribution in [2.24, 2.45) is 0 Å². The molecule has 0 fully saturated rings. The average Bonchev–Trinajstić information content (AvgIpc) is 3.11. The summed E-state index contributed by atoms with van der Waals surface area (Å²) in [5.74, 6) is 0.868. The molecule has 0 aliphatic rings. The molecule has 0 spiro atoms. The molecule has 0 aliphatic carbocycles. The van der Waals surface area contributed by atoms with Crippen LogP contribution < -0.4 is 10.3 Å². The summed E-state index contributed by atoms with van der Waals surface area (Å²) >= 11 is 5.83. The Hall–Kier alpha value is -3.46. The molecule has 0 atom stereocenters. The molecule has 0 bridgehead atoms. The van der Waals surface area contributed by atoms with Crippen LogP contribution in [-0.2, 0) is 13.2 Å². The molecule has 4 rings (SSSR count). The van der Waals surface area contributed by atoms with Gasteiger partial charge in [0, 0.05) is 17.6 Å². The first-order valence-corrected chi connectivity index (χ1v) is 8.81. The number of fused-ring (bicyclic) bond motifs is 3. The van der Waals surface area contributed by atoms with E-state index in [0.717, 1.165) is 0 Å². The van der Waals surface area contributed by atoms with Gasteiger partial charge in [-0.15, -0.1) is 10.2 Å². The van der Waals surface area contributed by atoms with E-state index in [0.29, 0.717) is 29.0 Å². The highest BCUT2D eigenvalue weighted by Gasteiger charge is 2.19. The Kier molecular flexibility index (Phi) is 4.44. The number of hydrogen-bond acceptors (Lipinski definition) is 6. The van der Waals surface area contributed by atoms with E-state index < -0.39 is 4.92 Å². The molecule has 0 N–H and O–H groups in total. The Morgan fingerprint density at radius 2 is 2.00 bits per heavy atom. The number of halogens is 1. The number of nitro benzene ring substituents is 1. The first kappa shape index (κ1) is 17.9. The van der Waals surface area contributed by atoms with Crippen LogP contribution in [-0.4, -0.2) is 24.1 Å². The number of hydrogen-bond donors (Lipinski definition) is 0. The van der Waals surface area contributed by atoms with E-state index in [1.54, 1.807) is 22.6 Å². The number of nitrogens with zero attached hydrogens (tertiary/aromatic N) is 5. The van der Waals surface area contributed by atoms with Crippen LogP contribution in [0.1, 0.15) is 12.7 Å². The van der Waals surface area contributed by atoms with Gasteiger partial charge in [0.05, 0.1) is 15.8 Å². The van der Waals surface area contributed by atoms with Crippen molar-refractivity contribution in [1.82, 2.24) is 19.2 Å². The van der Waals surface area contributed by atoms with Crippen LogP contribution in [0, 0.1) is 10.1 Å². The van der Waals surface area contributed by atoms with E-state index in [9.17, 15) is 14.9 Å². The Morgan fingerprint density at radius 3 is 2.75 bits per heavy atom. The standard InChI is InChI=1S/C18H14ClN5O4/c1-2-22-17(25)12-5-3-4-6-13(12)23-16(20-21-18(22)23)10-28-15-8-7-11(19)9-14(15)24(26)27/h3-9H,2,10H2,1H3. The normalized spacial score (nSPS) is 11.2. The smallest absolute Gasteiger partial charge is 0.312 e. The molecule has 0 saturated carbocycles. The van der Waals surface area contributed by atoms with E-state index in [2.05, 4.69) is 10.2 Å².